The molecular formula is C12H26N2O. The highest BCUT2D eigenvalue weighted by molar-refractivity contribution is 5.73. The van der Waals surface area contributed by atoms with Crippen LogP contribution in [0.3, 0.4) is 0 Å². The van der Waals surface area contributed by atoms with Gasteiger partial charge < -0.3 is 10.2 Å². The molecule has 0 aliphatic carbocycles. The van der Waals surface area contributed by atoms with Gasteiger partial charge in [-0.15, -0.1) is 0 Å². The molecule has 0 saturated carbocycles. The summed E-state index contributed by atoms with van der Waals surface area (Å²) in [5, 5.41) is 2.67. The molecule has 1 saturated heterocycles. The fourth-order valence-corrected chi connectivity index (χ4v) is 1.93. The summed E-state index contributed by atoms with van der Waals surface area (Å²) in [6, 6.07) is 0.0715. The summed E-state index contributed by atoms with van der Waals surface area (Å²) in [6.45, 7) is 10.4. The molecule has 1 aliphatic rings. The smallest absolute Gasteiger partial charge is 0.317 e. The molecule has 15 heavy (non-hydrogen) atoms. The number of hydrogen-bond acceptors (Lipinski definition) is 1. The SMILES string of the molecule is CC.CNC(=O)N1CCC(C(C)C)CC1. The third kappa shape index (κ3) is 4.54. The molecule has 1 N–H and O–H groups in total. The Hall–Kier alpha value is -0.730. The maximum absolute atomic E-state index is 11.3. The van der Waals surface area contributed by atoms with Crippen LogP contribution >= 0.6 is 0 Å². The van der Waals surface area contributed by atoms with Crippen LogP contribution in [0.4, 0.5) is 4.79 Å². The normalized spacial score (nSPS) is 17.1. The van der Waals surface area contributed by atoms with E-state index in [4.69, 9.17) is 0 Å². The number of nitrogens with zero attached hydrogens (tertiary/aromatic N) is 1. The van der Waals surface area contributed by atoms with Crippen molar-refractivity contribution in [2.45, 2.75) is 40.5 Å². The Morgan fingerprint density at radius 3 is 2.07 bits per heavy atom. The third-order valence-electron chi connectivity index (χ3n) is 2.98. The van der Waals surface area contributed by atoms with E-state index in [1.54, 1.807) is 7.05 Å². The lowest BCUT2D eigenvalue weighted by atomic mass is 9.87. The molecule has 0 aromatic carbocycles. The number of piperidine rings is 1. The highest BCUT2D eigenvalue weighted by atomic mass is 16.2. The second kappa shape index (κ2) is 7.55. The third-order valence-corrected chi connectivity index (χ3v) is 2.98. The van der Waals surface area contributed by atoms with E-state index in [1.165, 1.54) is 0 Å². The number of urea groups is 1. The second-order valence-electron chi connectivity index (χ2n) is 4.12. The molecule has 1 aliphatic heterocycles. The molecule has 0 unspecified atom stereocenters. The van der Waals surface area contributed by atoms with E-state index in [0.29, 0.717) is 0 Å². The molecule has 90 valence electrons. The van der Waals surface area contributed by atoms with Gasteiger partial charge in [-0.1, -0.05) is 27.7 Å². The molecule has 0 atom stereocenters. The molecule has 0 bridgehead atoms. The van der Waals surface area contributed by atoms with Crippen LogP contribution < -0.4 is 5.32 Å². The number of likely N-dealkylation sites (tertiary alicyclic amines) is 1. The summed E-state index contributed by atoms with van der Waals surface area (Å²) in [5.41, 5.74) is 0. The van der Waals surface area contributed by atoms with Gasteiger partial charge in [0, 0.05) is 20.1 Å². The predicted octanol–water partition coefficient (Wildman–Crippen LogP) is 2.72. The zero-order chi connectivity index (χ0) is 11.8. The van der Waals surface area contributed by atoms with Crippen molar-refractivity contribution in [1.29, 1.82) is 0 Å². The molecule has 3 heteroatoms. The Kier molecular flexibility index (Phi) is 7.18. The van der Waals surface area contributed by atoms with Crippen molar-refractivity contribution in [3.8, 4) is 0 Å². The number of amides is 2. The van der Waals surface area contributed by atoms with Crippen molar-refractivity contribution in [2.24, 2.45) is 11.8 Å². The van der Waals surface area contributed by atoms with Gasteiger partial charge in [-0.25, -0.2) is 4.79 Å². The number of hydrogen-bond donors (Lipinski definition) is 1. The minimum atomic E-state index is 0.0715. The van der Waals surface area contributed by atoms with Gasteiger partial charge in [0.2, 0.25) is 0 Å². The molecule has 0 spiro atoms. The molecule has 1 rings (SSSR count). The molecular weight excluding hydrogens is 188 g/mol. The first-order valence-electron chi connectivity index (χ1n) is 6.11. The first kappa shape index (κ1) is 14.3. The predicted molar refractivity (Wildman–Crippen MR) is 64.9 cm³/mol. The van der Waals surface area contributed by atoms with Crippen LogP contribution in [-0.2, 0) is 0 Å². The lowest BCUT2D eigenvalue weighted by molar-refractivity contribution is 0.158. The van der Waals surface area contributed by atoms with Gasteiger partial charge in [0.05, 0.1) is 0 Å². The van der Waals surface area contributed by atoms with E-state index in [9.17, 15) is 4.79 Å². The Labute approximate surface area is 94.2 Å². The topological polar surface area (TPSA) is 32.3 Å². The van der Waals surface area contributed by atoms with Gasteiger partial charge in [0.1, 0.15) is 0 Å². The Balaban J connectivity index is 0.000000921. The first-order chi connectivity index (χ1) is 7.15. The molecule has 1 heterocycles. The Bertz CT molecular complexity index is 172. The zero-order valence-electron chi connectivity index (χ0n) is 10.8. The summed E-state index contributed by atoms with van der Waals surface area (Å²) >= 11 is 0. The van der Waals surface area contributed by atoms with Gasteiger partial charge in [-0.3, -0.25) is 0 Å². The van der Waals surface area contributed by atoms with E-state index in [0.717, 1.165) is 37.8 Å². The van der Waals surface area contributed by atoms with E-state index in [-0.39, 0.29) is 6.03 Å². The summed E-state index contributed by atoms with van der Waals surface area (Å²) < 4.78 is 0. The number of carbonyl (C=O) groups is 1. The van der Waals surface area contributed by atoms with Gasteiger partial charge in [-0.05, 0) is 24.7 Å². The molecule has 0 aromatic heterocycles. The van der Waals surface area contributed by atoms with Crippen molar-refractivity contribution in [1.82, 2.24) is 10.2 Å². The highest BCUT2D eigenvalue weighted by Gasteiger charge is 2.23. The van der Waals surface area contributed by atoms with Crippen LogP contribution in [0.15, 0.2) is 0 Å². The van der Waals surface area contributed by atoms with Crippen molar-refractivity contribution in [3.05, 3.63) is 0 Å². The second-order valence-corrected chi connectivity index (χ2v) is 4.12. The minimum absolute atomic E-state index is 0.0715. The lowest BCUT2D eigenvalue weighted by Crippen LogP contribution is -2.43. The van der Waals surface area contributed by atoms with Gasteiger partial charge in [0.15, 0.2) is 0 Å². The maximum atomic E-state index is 11.3. The van der Waals surface area contributed by atoms with Crippen molar-refractivity contribution >= 4 is 6.03 Å². The van der Waals surface area contributed by atoms with Gasteiger partial charge in [0.25, 0.3) is 0 Å². The van der Waals surface area contributed by atoms with Gasteiger partial charge >= 0.3 is 6.03 Å². The van der Waals surface area contributed by atoms with E-state index < -0.39 is 0 Å². The van der Waals surface area contributed by atoms with Crippen LogP contribution in [0.5, 0.6) is 0 Å². The summed E-state index contributed by atoms with van der Waals surface area (Å²) in [7, 11) is 1.69. The number of nitrogens with one attached hydrogen (secondary N) is 1. The maximum Gasteiger partial charge on any atom is 0.317 e. The number of carbonyl (C=O) groups excluding carboxylic acids is 1. The molecule has 0 radical (unpaired) electrons. The fourth-order valence-electron chi connectivity index (χ4n) is 1.93. The first-order valence-corrected chi connectivity index (χ1v) is 6.11. The highest BCUT2D eigenvalue weighted by Crippen LogP contribution is 2.24. The van der Waals surface area contributed by atoms with Crippen molar-refractivity contribution in [2.75, 3.05) is 20.1 Å². The van der Waals surface area contributed by atoms with E-state index in [1.807, 2.05) is 18.7 Å². The van der Waals surface area contributed by atoms with E-state index in [2.05, 4.69) is 19.2 Å². The summed E-state index contributed by atoms with van der Waals surface area (Å²) in [4.78, 5) is 13.2. The van der Waals surface area contributed by atoms with Gasteiger partial charge in [-0.2, -0.15) is 0 Å². The average Bonchev–Trinajstić information content (AvgIpc) is 2.31. The molecule has 2 amide bonds. The lowest BCUT2D eigenvalue weighted by Gasteiger charge is -2.33. The monoisotopic (exact) mass is 214 g/mol. The van der Waals surface area contributed by atoms with Crippen LogP contribution in [-0.4, -0.2) is 31.1 Å². The minimum Gasteiger partial charge on any atom is -0.341 e. The molecule has 0 aromatic rings. The zero-order valence-corrected chi connectivity index (χ0v) is 10.8. The Morgan fingerprint density at radius 1 is 1.27 bits per heavy atom. The Morgan fingerprint density at radius 2 is 1.73 bits per heavy atom. The molecule has 3 nitrogen and oxygen atoms in total. The van der Waals surface area contributed by atoms with Crippen LogP contribution in [0, 0.1) is 11.8 Å². The van der Waals surface area contributed by atoms with E-state index >= 15 is 0 Å². The van der Waals surface area contributed by atoms with Crippen molar-refractivity contribution < 1.29 is 4.79 Å². The van der Waals surface area contributed by atoms with Crippen LogP contribution in [0.25, 0.3) is 0 Å². The fraction of sp³-hybridized carbons (Fsp3) is 0.917. The largest absolute Gasteiger partial charge is 0.341 e. The number of rotatable bonds is 1. The summed E-state index contributed by atoms with van der Waals surface area (Å²) in [5.74, 6) is 1.56. The summed E-state index contributed by atoms with van der Waals surface area (Å²) in [6.07, 6.45) is 2.32. The standard InChI is InChI=1S/C10H20N2O.C2H6/c1-8(2)9-4-6-12(7-5-9)10(13)11-3;1-2/h8-9H,4-7H2,1-3H3,(H,11,13);1-2H3. The van der Waals surface area contributed by atoms with Crippen LogP contribution in [0.2, 0.25) is 0 Å². The quantitative estimate of drug-likeness (QED) is 0.715. The van der Waals surface area contributed by atoms with Crippen molar-refractivity contribution in [3.63, 3.8) is 0 Å². The molecule has 1 fully saturated rings. The average molecular weight is 214 g/mol. The van der Waals surface area contributed by atoms with Crippen LogP contribution in [0.1, 0.15) is 40.5 Å².